The summed E-state index contributed by atoms with van der Waals surface area (Å²) in [6.07, 6.45) is 3.75. The lowest BCUT2D eigenvalue weighted by Crippen LogP contribution is -2.24. The molecule has 0 atom stereocenters. The average molecular weight is 356 g/mol. The second-order valence-corrected chi connectivity index (χ2v) is 7.47. The average Bonchev–Trinajstić information content (AvgIpc) is 3.20. The fourth-order valence-electron chi connectivity index (χ4n) is 2.64. The van der Waals surface area contributed by atoms with Crippen molar-refractivity contribution in [2.45, 2.75) is 13.1 Å². The Balaban J connectivity index is 1.62. The lowest BCUT2D eigenvalue weighted by Gasteiger charge is -2.19. The van der Waals surface area contributed by atoms with Crippen LogP contribution in [0.5, 0.6) is 0 Å². The number of thioether (sulfide) groups is 2. The number of hydrogen-bond acceptors (Lipinski definition) is 6. The van der Waals surface area contributed by atoms with Crippen molar-refractivity contribution in [3.05, 3.63) is 35.4 Å². The normalized spacial score (nSPS) is 20.6. The Kier molecular flexibility index (Phi) is 5.63. The molecule has 2 heterocycles. The molecular weight excluding hydrogens is 340 g/mol. The lowest BCUT2D eigenvalue weighted by atomic mass is 10.1. The van der Waals surface area contributed by atoms with Gasteiger partial charge in [-0.05, 0) is 11.1 Å². The molecule has 2 aliphatic rings. The molecule has 0 amide bonds. The van der Waals surface area contributed by atoms with Crippen molar-refractivity contribution in [2.75, 3.05) is 24.6 Å². The summed E-state index contributed by atoms with van der Waals surface area (Å²) in [6.45, 7) is 3.39. The van der Waals surface area contributed by atoms with Crippen LogP contribution >= 0.6 is 23.5 Å². The summed E-state index contributed by atoms with van der Waals surface area (Å²) < 4.78 is 0. The van der Waals surface area contributed by atoms with Gasteiger partial charge in [0.05, 0.1) is 0 Å². The van der Waals surface area contributed by atoms with E-state index in [1.54, 1.807) is 23.5 Å². The highest BCUT2D eigenvalue weighted by Gasteiger charge is 2.21. The quantitative estimate of drug-likeness (QED) is 0.771. The van der Waals surface area contributed by atoms with E-state index in [1.165, 1.54) is 11.1 Å². The Morgan fingerprint density at radius 3 is 1.62 bits per heavy atom. The van der Waals surface area contributed by atoms with Crippen molar-refractivity contribution in [1.82, 2.24) is 9.80 Å². The van der Waals surface area contributed by atoms with Crippen LogP contribution in [0.3, 0.4) is 0 Å². The van der Waals surface area contributed by atoms with Gasteiger partial charge in [-0.15, -0.1) is 9.98 Å². The number of nitriles is 2. The van der Waals surface area contributed by atoms with Crippen LogP contribution in [0, 0.1) is 22.9 Å². The van der Waals surface area contributed by atoms with Crippen LogP contribution < -0.4 is 0 Å². The van der Waals surface area contributed by atoms with Gasteiger partial charge in [0.2, 0.25) is 12.4 Å². The van der Waals surface area contributed by atoms with Crippen LogP contribution in [-0.4, -0.2) is 44.7 Å². The maximum Gasteiger partial charge on any atom is 0.208 e. The van der Waals surface area contributed by atoms with Gasteiger partial charge in [-0.25, -0.2) is 0 Å². The topological polar surface area (TPSA) is 78.8 Å². The second-order valence-electron chi connectivity index (χ2n) is 5.35. The number of aliphatic imine (C=N–C) groups is 2. The highest BCUT2D eigenvalue weighted by atomic mass is 32.2. The first-order chi connectivity index (χ1) is 11.8. The summed E-state index contributed by atoms with van der Waals surface area (Å²) in [5.74, 6) is 1.96. The minimum absolute atomic E-state index is 0.772. The van der Waals surface area contributed by atoms with Gasteiger partial charge in [-0.2, -0.15) is 10.5 Å². The number of rotatable bonds is 4. The van der Waals surface area contributed by atoms with Gasteiger partial charge in [-0.1, -0.05) is 47.8 Å². The summed E-state index contributed by atoms with van der Waals surface area (Å²) in [5, 5.41) is 19.1. The van der Waals surface area contributed by atoms with Gasteiger partial charge >= 0.3 is 0 Å². The van der Waals surface area contributed by atoms with Crippen LogP contribution in [0.2, 0.25) is 0 Å². The third kappa shape index (κ3) is 4.02. The van der Waals surface area contributed by atoms with E-state index in [2.05, 4.69) is 44.1 Å². The van der Waals surface area contributed by atoms with Crippen LogP contribution in [0.25, 0.3) is 0 Å². The Bertz CT molecular complexity index is 665. The first kappa shape index (κ1) is 16.7. The van der Waals surface area contributed by atoms with E-state index in [1.807, 2.05) is 12.4 Å². The van der Waals surface area contributed by atoms with Gasteiger partial charge in [0.15, 0.2) is 10.3 Å². The largest absolute Gasteiger partial charge is 0.345 e. The van der Waals surface area contributed by atoms with E-state index in [0.717, 1.165) is 48.0 Å². The highest BCUT2D eigenvalue weighted by Crippen LogP contribution is 2.22. The molecule has 3 rings (SSSR count). The maximum atomic E-state index is 8.73. The zero-order chi connectivity index (χ0) is 16.8. The monoisotopic (exact) mass is 356 g/mol. The molecule has 24 heavy (non-hydrogen) atoms. The molecule has 0 spiro atoms. The van der Waals surface area contributed by atoms with Crippen molar-refractivity contribution in [3.63, 3.8) is 0 Å². The smallest absolute Gasteiger partial charge is 0.208 e. The zero-order valence-electron chi connectivity index (χ0n) is 13.1. The summed E-state index contributed by atoms with van der Waals surface area (Å²) in [7, 11) is 0. The van der Waals surface area contributed by atoms with E-state index >= 15 is 0 Å². The predicted octanol–water partition coefficient (Wildman–Crippen LogP) is 2.46. The Labute approximate surface area is 149 Å². The molecule has 0 aliphatic carbocycles. The number of benzene rings is 1. The minimum Gasteiger partial charge on any atom is -0.345 e. The third-order valence-corrected chi connectivity index (χ3v) is 5.78. The van der Waals surface area contributed by atoms with E-state index in [9.17, 15) is 0 Å². The Morgan fingerprint density at radius 2 is 1.25 bits per heavy atom. The van der Waals surface area contributed by atoms with Crippen molar-refractivity contribution in [3.8, 4) is 12.4 Å². The summed E-state index contributed by atoms with van der Waals surface area (Å²) in [4.78, 5) is 12.0. The van der Waals surface area contributed by atoms with Crippen molar-refractivity contribution in [1.29, 1.82) is 10.5 Å². The van der Waals surface area contributed by atoms with Crippen LogP contribution in [0.15, 0.2) is 34.3 Å². The fourth-order valence-corrected chi connectivity index (χ4v) is 4.52. The second kappa shape index (κ2) is 8.09. The maximum absolute atomic E-state index is 8.73. The van der Waals surface area contributed by atoms with Gasteiger partial charge in [0.1, 0.15) is 0 Å². The molecule has 0 N–H and O–H groups in total. The minimum atomic E-state index is 0.772. The fraction of sp³-hybridized carbons (Fsp3) is 0.375. The van der Waals surface area contributed by atoms with E-state index in [0.29, 0.717) is 0 Å². The number of amidine groups is 2. The first-order valence-electron chi connectivity index (χ1n) is 7.57. The summed E-state index contributed by atoms with van der Waals surface area (Å²) >= 11 is 3.26. The molecule has 6 nitrogen and oxygen atoms in total. The van der Waals surface area contributed by atoms with Crippen LogP contribution in [0.4, 0.5) is 0 Å². The van der Waals surface area contributed by atoms with Crippen LogP contribution in [-0.2, 0) is 13.1 Å². The number of hydrogen-bond donors (Lipinski definition) is 0. The highest BCUT2D eigenvalue weighted by molar-refractivity contribution is 8.14. The third-order valence-electron chi connectivity index (χ3n) is 3.79. The van der Waals surface area contributed by atoms with Crippen molar-refractivity contribution < 1.29 is 0 Å². The van der Waals surface area contributed by atoms with Gasteiger partial charge < -0.3 is 9.80 Å². The molecule has 0 radical (unpaired) electrons. The molecule has 122 valence electrons. The Morgan fingerprint density at radius 1 is 0.833 bits per heavy atom. The van der Waals surface area contributed by atoms with Gasteiger partial charge in [0, 0.05) is 37.7 Å². The van der Waals surface area contributed by atoms with Crippen molar-refractivity contribution >= 4 is 33.9 Å². The molecule has 8 heteroatoms. The molecule has 2 fully saturated rings. The molecular formula is C16H16N6S2. The summed E-state index contributed by atoms with van der Waals surface area (Å²) in [6, 6.07) is 8.47. The molecule has 0 bridgehead atoms. The van der Waals surface area contributed by atoms with Crippen LogP contribution in [0.1, 0.15) is 11.1 Å². The zero-order valence-corrected chi connectivity index (χ0v) is 14.7. The summed E-state index contributed by atoms with van der Waals surface area (Å²) in [5.41, 5.74) is 2.40. The van der Waals surface area contributed by atoms with E-state index < -0.39 is 0 Å². The SMILES string of the molecule is N#CN=C1SCCN1Cc1ccc(CN2CCSC2=NC#N)cc1. The first-order valence-corrected chi connectivity index (χ1v) is 9.54. The predicted molar refractivity (Wildman–Crippen MR) is 98.3 cm³/mol. The van der Waals surface area contributed by atoms with E-state index in [4.69, 9.17) is 10.5 Å². The molecule has 1 aromatic carbocycles. The molecule has 2 aliphatic heterocycles. The van der Waals surface area contributed by atoms with Gasteiger partial charge in [-0.3, -0.25) is 0 Å². The molecule has 2 saturated heterocycles. The molecule has 1 aromatic rings. The molecule has 0 aromatic heterocycles. The Hall–Kier alpha value is -2.16. The van der Waals surface area contributed by atoms with Crippen molar-refractivity contribution in [2.24, 2.45) is 9.98 Å². The van der Waals surface area contributed by atoms with Gasteiger partial charge in [0.25, 0.3) is 0 Å². The molecule has 0 unspecified atom stereocenters. The standard InChI is InChI=1S/C16H16N6S2/c17-11-19-15-21(5-7-23-15)9-13-1-2-14(4-3-13)10-22-6-8-24-16(22)20-12-18/h1-4H,5-10H2. The lowest BCUT2D eigenvalue weighted by molar-refractivity contribution is 0.453. The van der Waals surface area contributed by atoms with E-state index in [-0.39, 0.29) is 0 Å². The molecule has 0 saturated carbocycles. The number of nitrogens with zero attached hydrogens (tertiary/aromatic N) is 6.